The van der Waals surface area contributed by atoms with Gasteiger partial charge in [-0.05, 0) is 49.5 Å². The van der Waals surface area contributed by atoms with Crippen molar-refractivity contribution < 1.29 is 19.8 Å². The highest BCUT2D eigenvalue weighted by molar-refractivity contribution is 6.27. The van der Waals surface area contributed by atoms with Crippen LogP contribution in [0.5, 0.6) is 0 Å². The zero-order valence-corrected chi connectivity index (χ0v) is 12.1. The van der Waals surface area contributed by atoms with Crippen LogP contribution in [0.4, 0.5) is 0 Å². The van der Waals surface area contributed by atoms with E-state index in [4.69, 9.17) is 25.5 Å². The van der Waals surface area contributed by atoms with Crippen molar-refractivity contribution in [2.75, 3.05) is 6.54 Å². The summed E-state index contributed by atoms with van der Waals surface area (Å²) in [5, 5.41) is 14.8. The summed E-state index contributed by atoms with van der Waals surface area (Å²) in [4.78, 5) is 18.2. The van der Waals surface area contributed by atoms with Gasteiger partial charge in [0.1, 0.15) is 0 Å². The van der Waals surface area contributed by atoms with E-state index in [2.05, 4.69) is 20.8 Å². The second kappa shape index (κ2) is 8.91. The molecular weight excluding hydrogens is 246 g/mol. The van der Waals surface area contributed by atoms with Gasteiger partial charge in [-0.3, -0.25) is 0 Å². The summed E-state index contributed by atoms with van der Waals surface area (Å²) >= 11 is 0. The largest absolute Gasteiger partial charge is 0.473 e. The smallest absolute Gasteiger partial charge is 0.414 e. The second-order valence-electron chi connectivity index (χ2n) is 5.77. The molecule has 5 heteroatoms. The zero-order valence-electron chi connectivity index (χ0n) is 12.1. The molecule has 1 fully saturated rings. The standard InChI is InChI=1S/C12H25N.C2H2O4/c1-9(2)12-5-4-10(3)8-11(12)6-7-13;3-1(4)2(5)6/h9-12H,4-8,13H2,1-3H3;(H,3,4)(H,5,6). The summed E-state index contributed by atoms with van der Waals surface area (Å²) < 4.78 is 0. The van der Waals surface area contributed by atoms with Crippen molar-refractivity contribution in [2.24, 2.45) is 29.4 Å². The molecule has 1 saturated carbocycles. The molecule has 5 nitrogen and oxygen atoms in total. The maximum atomic E-state index is 9.10. The van der Waals surface area contributed by atoms with E-state index in [9.17, 15) is 0 Å². The average Bonchev–Trinajstić information content (AvgIpc) is 2.29. The molecule has 1 aliphatic carbocycles. The molecule has 0 aromatic carbocycles. The van der Waals surface area contributed by atoms with Gasteiger partial charge in [-0.1, -0.05) is 27.2 Å². The Morgan fingerprint density at radius 2 is 1.74 bits per heavy atom. The van der Waals surface area contributed by atoms with Gasteiger partial charge in [0.15, 0.2) is 0 Å². The third kappa shape index (κ3) is 7.15. The fraction of sp³-hybridized carbons (Fsp3) is 0.857. The first-order valence-electron chi connectivity index (χ1n) is 6.95. The predicted octanol–water partition coefficient (Wildman–Crippen LogP) is 2.20. The maximum Gasteiger partial charge on any atom is 0.414 e. The lowest BCUT2D eigenvalue weighted by atomic mass is 9.69. The van der Waals surface area contributed by atoms with Crippen LogP contribution in [-0.2, 0) is 9.59 Å². The van der Waals surface area contributed by atoms with Crippen molar-refractivity contribution in [3.8, 4) is 0 Å². The number of hydrogen-bond acceptors (Lipinski definition) is 3. The molecule has 0 aromatic rings. The summed E-state index contributed by atoms with van der Waals surface area (Å²) in [6.07, 6.45) is 5.53. The van der Waals surface area contributed by atoms with Crippen molar-refractivity contribution in [1.82, 2.24) is 0 Å². The van der Waals surface area contributed by atoms with Gasteiger partial charge < -0.3 is 15.9 Å². The van der Waals surface area contributed by atoms with E-state index in [0.717, 1.165) is 30.2 Å². The Morgan fingerprint density at radius 3 is 2.11 bits per heavy atom. The van der Waals surface area contributed by atoms with Gasteiger partial charge in [-0.2, -0.15) is 0 Å². The molecule has 0 heterocycles. The molecule has 0 radical (unpaired) electrons. The van der Waals surface area contributed by atoms with Crippen LogP contribution in [0.3, 0.4) is 0 Å². The minimum atomic E-state index is -1.82. The minimum absolute atomic E-state index is 0.851. The Kier molecular flexibility index (Phi) is 8.39. The third-order valence-corrected chi connectivity index (χ3v) is 3.88. The van der Waals surface area contributed by atoms with Crippen LogP contribution in [0, 0.1) is 23.7 Å². The summed E-state index contributed by atoms with van der Waals surface area (Å²) in [7, 11) is 0. The van der Waals surface area contributed by atoms with E-state index in [0.29, 0.717) is 0 Å². The maximum absolute atomic E-state index is 9.10. The molecule has 0 bridgehead atoms. The number of aliphatic carboxylic acids is 2. The summed E-state index contributed by atoms with van der Waals surface area (Å²) in [5.74, 6) is -0.00546. The van der Waals surface area contributed by atoms with Crippen LogP contribution in [0.1, 0.15) is 46.5 Å². The molecule has 3 unspecified atom stereocenters. The number of rotatable bonds is 3. The predicted molar refractivity (Wildman–Crippen MR) is 73.8 cm³/mol. The molecule has 1 rings (SSSR count). The first-order chi connectivity index (χ1) is 8.79. The molecule has 0 saturated heterocycles. The molecule has 19 heavy (non-hydrogen) atoms. The van der Waals surface area contributed by atoms with Gasteiger partial charge in [-0.15, -0.1) is 0 Å². The lowest BCUT2D eigenvalue weighted by molar-refractivity contribution is -0.159. The van der Waals surface area contributed by atoms with Gasteiger partial charge in [-0.25, -0.2) is 9.59 Å². The summed E-state index contributed by atoms with van der Waals surface area (Å²) in [6.45, 7) is 8.00. The zero-order chi connectivity index (χ0) is 15.0. The fourth-order valence-corrected chi connectivity index (χ4v) is 2.95. The lowest BCUT2D eigenvalue weighted by Crippen LogP contribution is -2.29. The van der Waals surface area contributed by atoms with E-state index >= 15 is 0 Å². The Labute approximate surface area is 115 Å². The van der Waals surface area contributed by atoms with E-state index < -0.39 is 11.9 Å². The highest BCUT2D eigenvalue weighted by Gasteiger charge is 2.29. The quantitative estimate of drug-likeness (QED) is 0.684. The molecule has 0 amide bonds. The minimum Gasteiger partial charge on any atom is -0.473 e. The Morgan fingerprint density at radius 1 is 1.21 bits per heavy atom. The topological polar surface area (TPSA) is 101 Å². The van der Waals surface area contributed by atoms with E-state index in [-0.39, 0.29) is 0 Å². The van der Waals surface area contributed by atoms with Gasteiger partial charge >= 0.3 is 11.9 Å². The third-order valence-electron chi connectivity index (χ3n) is 3.88. The molecular formula is C14H27NO4. The van der Waals surface area contributed by atoms with Gasteiger partial charge in [0.25, 0.3) is 0 Å². The van der Waals surface area contributed by atoms with Crippen LogP contribution in [0.15, 0.2) is 0 Å². The SMILES string of the molecule is CC1CCC(C(C)C)C(CCN)C1.O=C(O)C(=O)O. The van der Waals surface area contributed by atoms with Crippen LogP contribution in [0.2, 0.25) is 0 Å². The van der Waals surface area contributed by atoms with Crippen LogP contribution in [0.25, 0.3) is 0 Å². The van der Waals surface area contributed by atoms with Gasteiger partial charge in [0.2, 0.25) is 0 Å². The number of carboxylic acid groups (broad SMARTS) is 2. The Balaban J connectivity index is 0.000000459. The van der Waals surface area contributed by atoms with E-state index in [1.807, 2.05) is 0 Å². The van der Waals surface area contributed by atoms with E-state index in [1.54, 1.807) is 0 Å². The van der Waals surface area contributed by atoms with Crippen LogP contribution >= 0.6 is 0 Å². The Hall–Kier alpha value is -1.10. The van der Waals surface area contributed by atoms with Crippen molar-refractivity contribution in [2.45, 2.75) is 46.5 Å². The average molecular weight is 273 g/mol. The van der Waals surface area contributed by atoms with E-state index in [1.165, 1.54) is 25.7 Å². The summed E-state index contributed by atoms with van der Waals surface area (Å²) in [6, 6.07) is 0. The first-order valence-corrected chi connectivity index (χ1v) is 6.95. The lowest BCUT2D eigenvalue weighted by Gasteiger charge is -2.37. The highest BCUT2D eigenvalue weighted by Crippen LogP contribution is 2.39. The number of hydrogen-bond donors (Lipinski definition) is 3. The molecule has 112 valence electrons. The normalized spacial score (nSPS) is 26.5. The number of carbonyl (C=O) groups is 2. The molecule has 4 N–H and O–H groups in total. The second-order valence-corrected chi connectivity index (χ2v) is 5.77. The van der Waals surface area contributed by atoms with Crippen molar-refractivity contribution in [3.63, 3.8) is 0 Å². The van der Waals surface area contributed by atoms with Crippen LogP contribution in [-0.4, -0.2) is 28.7 Å². The van der Waals surface area contributed by atoms with Crippen molar-refractivity contribution >= 4 is 11.9 Å². The molecule has 0 aliphatic heterocycles. The van der Waals surface area contributed by atoms with Gasteiger partial charge in [0.05, 0.1) is 0 Å². The highest BCUT2D eigenvalue weighted by atomic mass is 16.4. The molecule has 0 spiro atoms. The van der Waals surface area contributed by atoms with Crippen molar-refractivity contribution in [3.05, 3.63) is 0 Å². The molecule has 0 aromatic heterocycles. The fourth-order valence-electron chi connectivity index (χ4n) is 2.95. The monoisotopic (exact) mass is 273 g/mol. The Bertz CT molecular complexity index is 279. The summed E-state index contributed by atoms with van der Waals surface area (Å²) in [5.41, 5.74) is 5.67. The number of nitrogens with two attached hydrogens (primary N) is 1. The van der Waals surface area contributed by atoms with Crippen molar-refractivity contribution in [1.29, 1.82) is 0 Å². The first kappa shape index (κ1) is 17.9. The van der Waals surface area contributed by atoms with Crippen LogP contribution < -0.4 is 5.73 Å². The number of carboxylic acids is 2. The molecule has 3 atom stereocenters. The van der Waals surface area contributed by atoms with Gasteiger partial charge in [0, 0.05) is 0 Å². The molecule has 1 aliphatic rings.